The van der Waals surface area contributed by atoms with Crippen LogP contribution in [0.5, 0.6) is 0 Å². The van der Waals surface area contributed by atoms with Crippen molar-refractivity contribution in [2.45, 2.75) is 33.2 Å². The number of rotatable bonds is 6. The topological polar surface area (TPSA) is 58.2 Å². The van der Waals surface area contributed by atoms with Crippen LogP contribution in [0.3, 0.4) is 0 Å². The van der Waals surface area contributed by atoms with Crippen LogP contribution < -0.4 is 10.0 Å². The molecule has 0 saturated heterocycles. The second-order valence-electron chi connectivity index (χ2n) is 6.07. The van der Waals surface area contributed by atoms with Gasteiger partial charge < -0.3 is 5.32 Å². The quantitative estimate of drug-likeness (QED) is 0.842. The maximum atomic E-state index is 11.7. The molecule has 0 fully saturated rings. The first-order valence-electron chi connectivity index (χ1n) is 7.14. The highest BCUT2D eigenvalue weighted by Gasteiger charge is 2.38. The summed E-state index contributed by atoms with van der Waals surface area (Å²) in [7, 11) is -3.15. The van der Waals surface area contributed by atoms with Crippen molar-refractivity contribution in [3.8, 4) is 0 Å². The predicted octanol–water partition coefficient (Wildman–Crippen LogP) is 1.84. The molecule has 0 radical (unpaired) electrons. The van der Waals surface area contributed by atoms with Gasteiger partial charge in [0.15, 0.2) is 0 Å². The van der Waals surface area contributed by atoms with Gasteiger partial charge in [0.2, 0.25) is 10.0 Å². The Morgan fingerprint density at radius 2 is 2.00 bits per heavy atom. The monoisotopic (exact) mass is 296 g/mol. The van der Waals surface area contributed by atoms with Gasteiger partial charge in [-0.05, 0) is 23.0 Å². The molecular weight excluding hydrogens is 272 g/mol. The maximum Gasteiger partial charge on any atom is 0.212 e. The van der Waals surface area contributed by atoms with E-state index in [2.05, 4.69) is 42.1 Å². The first-order valence-corrected chi connectivity index (χ1v) is 8.79. The smallest absolute Gasteiger partial charge is 0.212 e. The summed E-state index contributed by atoms with van der Waals surface area (Å²) in [6.45, 7) is 7.16. The van der Waals surface area contributed by atoms with Crippen LogP contribution in [0.1, 0.15) is 37.9 Å². The van der Waals surface area contributed by atoms with E-state index in [9.17, 15) is 8.42 Å². The Morgan fingerprint density at radius 1 is 1.30 bits per heavy atom. The largest absolute Gasteiger partial charge is 0.308 e. The highest BCUT2D eigenvalue weighted by Crippen LogP contribution is 2.44. The van der Waals surface area contributed by atoms with Crippen LogP contribution in [0.2, 0.25) is 0 Å². The normalized spacial score (nSPS) is 20.9. The SMILES string of the molecule is CCNS(=O)(=O)CCNC1c2ccccc2CC1(C)C. The van der Waals surface area contributed by atoms with Crippen molar-refractivity contribution in [1.82, 2.24) is 10.0 Å². The molecule has 1 aromatic carbocycles. The highest BCUT2D eigenvalue weighted by atomic mass is 32.2. The number of hydrogen-bond donors (Lipinski definition) is 2. The summed E-state index contributed by atoms with van der Waals surface area (Å²) in [6.07, 6.45) is 1.03. The Morgan fingerprint density at radius 3 is 2.70 bits per heavy atom. The van der Waals surface area contributed by atoms with E-state index in [1.807, 2.05) is 6.07 Å². The first kappa shape index (κ1) is 15.5. The van der Waals surface area contributed by atoms with Crippen LogP contribution in [0.4, 0.5) is 0 Å². The van der Waals surface area contributed by atoms with Crippen molar-refractivity contribution in [3.05, 3.63) is 35.4 Å². The van der Waals surface area contributed by atoms with Crippen molar-refractivity contribution in [3.63, 3.8) is 0 Å². The zero-order valence-corrected chi connectivity index (χ0v) is 13.3. The molecule has 0 saturated carbocycles. The second-order valence-corrected chi connectivity index (χ2v) is 7.99. The summed E-state index contributed by atoms with van der Waals surface area (Å²) in [5, 5.41) is 3.42. The summed E-state index contributed by atoms with van der Waals surface area (Å²) in [4.78, 5) is 0. The van der Waals surface area contributed by atoms with Crippen molar-refractivity contribution in [1.29, 1.82) is 0 Å². The van der Waals surface area contributed by atoms with E-state index in [0.717, 1.165) is 6.42 Å². The van der Waals surface area contributed by atoms with Crippen molar-refractivity contribution in [2.75, 3.05) is 18.8 Å². The molecule has 2 N–H and O–H groups in total. The number of hydrogen-bond acceptors (Lipinski definition) is 3. The summed E-state index contributed by atoms with van der Waals surface area (Å²) in [5.41, 5.74) is 2.79. The minimum absolute atomic E-state index is 0.117. The second kappa shape index (κ2) is 5.84. The van der Waals surface area contributed by atoms with E-state index >= 15 is 0 Å². The molecule has 1 unspecified atom stereocenters. The molecule has 1 aromatic rings. The zero-order chi connectivity index (χ0) is 14.8. The van der Waals surface area contributed by atoms with E-state index in [-0.39, 0.29) is 17.2 Å². The average Bonchev–Trinajstić information content (AvgIpc) is 2.60. The Balaban J connectivity index is 2.02. The Kier molecular flexibility index (Phi) is 4.52. The third-order valence-corrected chi connectivity index (χ3v) is 5.35. The fourth-order valence-electron chi connectivity index (χ4n) is 3.01. The lowest BCUT2D eigenvalue weighted by Crippen LogP contribution is -2.37. The first-order chi connectivity index (χ1) is 9.36. The summed E-state index contributed by atoms with van der Waals surface area (Å²) in [5.74, 6) is 0.121. The van der Waals surface area contributed by atoms with Gasteiger partial charge in [-0.15, -0.1) is 0 Å². The number of fused-ring (bicyclic) bond motifs is 1. The molecule has 0 aliphatic heterocycles. The lowest BCUT2D eigenvalue weighted by molar-refractivity contribution is 0.273. The molecule has 0 bridgehead atoms. The van der Waals surface area contributed by atoms with Gasteiger partial charge >= 0.3 is 0 Å². The van der Waals surface area contributed by atoms with Crippen molar-refractivity contribution < 1.29 is 8.42 Å². The van der Waals surface area contributed by atoms with Crippen molar-refractivity contribution >= 4 is 10.0 Å². The standard InChI is InChI=1S/C15H24N2O2S/c1-4-17-20(18,19)10-9-16-14-13-8-6-5-7-12(13)11-15(14,2)3/h5-8,14,16-17H,4,9-11H2,1-3H3. The number of nitrogens with one attached hydrogen (secondary N) is 2. The van der Waals surface area contributed by atoms with E-state index in [4.69, 9.17) is 0 Å². The molecular formula is C15H24N2O2S. The van der Waals surface area contributed by atoms with Gasteiger partial charge in [0.25, 0.3) is 0 Å². The number of sulfonamides is 1. The Hall–Kier alpha value is -0.910. The molecule has 112 valence electrons. The van der Waals surface area contributed by atoms with Gasteiger partial charge in [0, 0.05) is 19.1 Å². The summed E-state index contributed by atoms with van der Waals surface area (Å²) in [6, 6.07) is 8.63. The Labute approximate surface area is 122 Å². The van der Waals surface area contributed by atoms with Crippen LogP contribution in [-0.4, -0.2) is 27.3 Å². The zero-order valence-electron chi connectivity index (χ0n) is 12.4. The van der Waals surface area contributed by atoms with Gasteiger partial charge in [-0.1, -0.05) is 45.0 Å². The van der Waals surface area contributed by atoms with Crippen LogP contribution in [0.15, 0.2) is 24.3 Å². The molecule has 1 aliphatic rings. The van der Waals surface area contributed by atoms with Gasteiger partial charge in [-0.25, -0.2) is 13.1 Å². The average molecular weight is 296 g/mol. The molecule has 4 nitrogen and oxygen atoms in total. The van der Waals surface area contributed by atoms with Crippen LogP contribution >= 0.6 is 0 Å². The lowest BCUT2D eigenvalue weighted by Gasteiger charge is -2.28. The molecule has 0 aromatic heterocycles. The van der Waals surface area contributed by atoms with Gasteiger partial charge in [0.05, 0.1) is 5.75 Å². The van der Waals surface area contributed by atoms with Gasteiger partial charge in [0.1, 0.15) is 0 Å². The van der Waals surface area contributed by atoms with E-state index in [0.29, 0.717) is 13.1 Å². The minimum Gasteiger partial charge on any atom is -0.308 e. The van der Waals surface area contributed by atoms with E-state index in [1.54, 1.807) is 6.92 Å². The third-order valence-electron chi connectivity index (χ3n) is 3.88. The predicted molar refractivity (Wildman–Crippen MR) is 82.1 cm³/mol. The highest BCUT2D eigenvalue weighted by molar-refractivity contribution is 7.89. The molecule has 1 aliphatic carbocycles. The third kappa shape index (κ3) is 3.40. The van der Waals surface area contributed by atoms with Crippen LogP contribution in [-0.2, 0) is 16.4 Å². The van der Waals surface area contributed by atoms with E-state index in [1.165, 1.54) is 11.1 Å². The molecule has 0 amide bonds. The van der Waals surface area contributed by atoms with Crippen molar-refractivity contribution in [2.24, 2.45) is 5.41 Å². The fourth-order valence-corrected chi connectivity index (χ4v) is 3.98. The Bertz CT molecular complexity index is 567. The summed E-state index contributed by atoms with van der Waals surface area (Å²) < 4.78 is 25.8. The van der Waals surface area contributed by atoms with Crippen LogP contribution in [0.25, 0.3) is 0 Å². The molecule has 0 spiro atoms. The van der Waals surface area contributed by atoms with Gasteiger partial charge in [-0.3, -0.25) is 0 Å². The maximum absolute atomic E-state index is 11.7. The summed E-state index contributed by atoms with van der Waals surface area (Å²) >= 11 is 0. The molecule has 5 heteroatoms. The molecule has 20 heavy (non-hydrogen) atoms. The lowest BCUT2D eigenvalue weighted by atomic mass is 9.85. The molecule has 0 heterocycles. The van der Waals surface area contributed by atoms with E-state index < -0.39 is 10.0 Å². The minimum atomic E-state index is -3.15. The van der Waals surface area contributed by atoms with Gasteiger partial charge in [-0.2, -0.15) is 0 Å². The molecule has 1 atom stereocenters. The van der Waals surface area contributed by atoms with Crippen LogP contribution in [0, 0.1) is 5.41 Å². The fraction of sp³-hybridized carbons (Fsp3) is 0.600. The number of benzene rings is 1. The molecule has 2 rings (SSSR count).